The number of benzene rings is 1. The largest absolute Gasteiger partial charge is 0.349 e. The van der Waals surface area contributed by atoms with E-state index in [1.807, 2.05) is 6.92 Å². The van der Waals surface area contributed by atoms with Gasteiger partial charge in [0.05, 0.1) is 11.3 Å². The zero-order chi connectivity index (χ0) is 15.2. The Hall–Kier alpha value is -1.85. The predicted molar refractivity (Wildman–Crippen MR) is 90.4 cm³/mol. The minimum atomic E-state index is -0.219. The topological polar surface area (TPSA) is 70.2 Å². The van der Waals surface area contributed by atoms with Crippen LogP contribution < -0.4 is 16.0 Å². The van der Waals surface area contributed by atoms with Gasteiger partial charge in [-0.2, -0.15) is 0 Å². The first kappa shape index (κ1) is 18.2. The first-order chi connectivity index (χ1) is 10.1. The molecule has 0 saturated carbocycles. The van der Waals surface area contributed by atoms with Crippen molar-refractivity contribution >= 4 is 29.9 Å². The molecule has 2 rings (SSSR count). The highest BCUT2D eigenvalue weighted by molar-refractivity contribution is 6.04. The molecule has 2 amide bonds. The van der Waals surface area contributed by atoms with E-state index in [-0.39, 0.29) is 30.1 Å². The normalized spacial score (nSPS) is 15.0. The number of halogens is 1. The number of nitrogens with one attached hydrogen (secondary N) is 3. The van der Waals surface area contributed by atoms with Gasteiger partial charge in [0.25, 0.3) is 5.91 Å². The van der Waals surface area contributed by atoms with Gasteiger partial charge in [0.2, 0.25) is 5.91 Å². The molecule has 3 N–H and O–H groups in total. The Bertz CT molecular complexity index is 544. The predicted octanol–water partition coefficient (Wildman–Crippen LogP) is 1.82. The third-order valence-corrected chi connectivity index (χ3v) is 3.77. The van der Waals surface area contributed by atoms with Crippen LogP contribution in [0.15, 0.2) is 36.9 Å². The maximum absolute atomic E-state index is 12.2. The van der Waals surface area contributed by atoms with Crippen LogP contribution in [0, 0.1) is 11.8 Å². The molecular weight excluding hydrogens is 302 g/mol. The Morgan fingerprint density at radius 2 is 2.09 bits per heavy atom. The van der Waals surface area contributed by atoms with Crippen LogP contribution >= 0.6 is 12.4 Å². The van der Waals surface area contributed by atoms with E-state index in [2.05, 4.69) is 22.5 Å². The van der Waals surface area contributed by atoms with Crippen molar-refractivity contribution in [2.75, 3.05) is 25.0 Å². The molecule has 1 aromatic carbocycles. The molecule has 0 aromatic heterocycles. The van der Waals surface area contributed by atoms with E-state index in [9.17, 15) is 9.59 Å². The highest BCUT2D eigenvalue weighted by Crippen LogP contribution is 2.20. The second-order valence-electron chi connectivity index (χ2n) is 5.24. The van der Waals surface area contributed by atoms with Gasteiger partial charge in [0.1, 0.15) is 0 Å². The van der Waals surface area contributed by atoms with Crippen molar-refractivity contribution in [1.29, 1.82) is 0 Å². The van der Waals surface area contributed by atoms with Gasteiger partial charge in [-0.15, -0.1) is 19.0 Å². The van der Waals surface area contributed by atoms with E-state index in [1.165, 1.54) is 0 Å². The van der Waals surface area contributed by atoms with Gasteiger partial charge in [-0.05, 0) is 31.1 Å². The van der Waals surface area contributed by atoms with Gasteiger partial charge in [0.15, 0.2) is 0 Å². The maximum atomic E-state index is 12.2. The monoisotopic (exact) mass is 323 g/mol. The quantitative estimate of drug-likeness (QED) is 0.699. The average molecular weight is 324 g/mol. The van der Waals surface area contributed by atoms with Crippen LogP contribution in [0.1, 0.15) is 17.3 Å². The smallest absolute Gasteiger partial charge is 0.253 e. The van der Waals surface area contributed by atoms with Crippen molar-refractivity contribution < 1.29 is 9.59 Å². The number of hydrogen-bond acceptors (Lipinski definition) is 3. The SMILES string of the molecule is C=CCNC(=O)c1ccccc1NC(=O)C(C)C1CNC1.Cl. The fourth-order valence-electron chi connectivity index (χ4n) is 2.18. The van der Waals surface area contributed by atoms with Crippen LogP contribution in [-0.4, -0.2) is 31.4 Å². The Morgan fingerprint density at radius 3 is 2.68 bits per heavy atom. The molecule has 0 radical (unpaired) electrons. The minimum Gasteiger partial charge on any atom is -0.349 e. The Kier molecular flexibility index (Phi) is 7.08. The molecule has 0 bridgehead atoms. The molecule has 5 nitrogen and oxygen atoms in total. The summed E-state index contributed by atoms with van der Waals surface area (Å²) in [6.07, 6.45) is 1.62. The molecule has 1 aromatic rings. The molecule has 0 spiro atoms. The van der Waals surface area contributed by atoms with Gasteiger partial charge < -0.3 is 16.0 Å². The van der Waals surface area contributed by atoms with Crippen LogP contribution in [-0.2, 0) is 4.79 Å². The summed E-state index contributed by atoms with van der Waals surface area (Å²) in [6, 6.07) is 7.02. The molecule has 22 heavy (non-hydrogen) atoms. The van der Waals surface area contributed by atoms with Crippen LogP contribution in [0.25, 0.3) is 0 Å². The van der Waals surface area contributed by atoms with Crippen LogP contribution in [0.2, 0.25) is 0 Å². The summed E-state index contributed by atoms with van der Waals surface area (Å²) >= 11 is 0. The van der Waals surface area contributed by atoms with Crippen molar-refractivity contribution in [3.05, 3.63) is 42.5 Å². The number of rotatable bonds is 6. The summed E-state index contributed by atoms with van der Waals surface area (Å²) in [5.41, 5.74) is 1.01. The van der Waals surface area contributed by atoms with E-state index in [0.717, 1.165) is 13.1 Å². The number of carbonyl (C=O) groups is 2. The molecule has 0 aliphatic carbocycles. The lowest BCUT2D eigenvalue weighted by molar-refractivity contribution is -0.121. The summed E-state index contributed by atoms with van der Waals surface area (Å²) in [6.45, 7) is 7.62. The fourth-order valence-corrected chi connectivity index (χ4v) is 2.18. The van der Waals surface area contributed by atoms with Crippen molar-refractivity contribution in [1.82, 2.24) is 10.6 Å². The molecule has 1 heterocycles. The van der Waals surface area contributed by atoms with E-state index < -0.39 is 0 Å². The molecule has 120 valence electrons. The summed E-state index contributed by atoms with van der Waals surface area (Å²) in [5.74, 6) is 0.0246. The lowest BCUT2D eigenvalue weighted by Crippen LogP contribution is -2.48. The van der Waals surface area contributed by atoms with E-state index in [4.69, 9.17) is 0 Å². The lowest BCUT2D eigenvalue weighted by atomic mass is 9.88. The molecule has 1 saturated heterocycles. The van der Waals surface area contributed by atoms with Crippen molar-refractivity contribution in [2.45, 2.75) is 6.92 Å². The Morgan fingerprint density at radius 1 is 1.41 bits per heavy atom. The van der Waals surface area contributed by atoms with Gasteiger partial charge in [-0.25, -0.2) is 0 Å². The molecule has 6 heteroatoms. The van der Waals surface area contributed by atoms with E-state index >= 15 is 0 Å². The van der Waals surface area contributed by atoms with Crippen LogP contribution in [0.5, 0.6) is 0 Å². The number of para-hydroxylation sites is 1. The van der Waals surface area contributed by atoms with Gasteiger partial charge in [-0.1, -0.05) is 25.1 Å². The minimum absolute atomic E-state index is 0. The van der Waals surface area contributed by atoms with Gasteiger partial charge in [-0.3, -0.25) is 9.59 Å². The number of carbonyl (C=O) groups excluding carboxylic acids is 2. The van der Waals surface area contributed by atoms with Crippen molar-refractivity contribution in [3.8, 4) is 0 Å². The average Bonchev–Trinajstić information content (AvgIpc) is 2.43. The molecule has 1 aliphatic rings. The molecule has 1 atom stereocenters. The first-order valence-electron chi connectivity index (χ1n) is 7.13. The van der Waals surface area contributed by atoms with E-state index in [0.29, 0.717) is 23.7 Å². The highest BCUT2D eigenvalue weighted by Gasteiger charge is 2.29. The van der Waals surface area contributed by atoms with Gasteiger partial charge >= 0.3 is 0 Å². The zero-order valence-electron chi connectivity index (χ0n) is 12.6. The summed E-state index contributed by atoms with van der Waals surface area (Å²) in [4.78, 5) is 24.3. The number of anilines is 1. The molecule has 1 aliphatic heterocycles. The van der Waals surface area contributed by atoms with Crippen molar-refractivity contribution in [2.24, 2.45) is 11.8 Å². The third-order valence-electron chi connectivity index (χ3n) is 3.77. The van der Waals surface area contributed by atoms with Gasteiger partial charge in [0, 0.05) is 12.5 Å². The summed E-state index contributed by atoms with van der Waals surface area (Å²) in [7, 11) is 0. The second-order valence-corrected chi connectivity index (χ2v) is 5.24. The van der Waals surface area contributed by atoms with Crippen LogP contribution in [0.4, 0.5) is 5.69 Å². The maximum Gasteiger partial charge on any atom is 0.253 e. The molecular formula is C16H22ClN3O2. The fraction of sp³-hybridized carbons (Fsp3) is 0.375. The first-order valence-corrected chi connectivity index (χ1v) is 7.13. The number of hydrogen-bond donors (Lipinski definition) is 3. The molecule has 1 fully saturated rings. The van der Waals surface area contributed by atoms with Crippen LogP contribution in [0.3, 0.4) is 0 Å². The summed E-state index contributed by atoms with van der Waals surface area (Å²) < 4.78 is 0. The Labute approximate surface area is 137 Å². The standard InChI is InChI=1S/C16H21N3O2.ClH/c1-3-8-18-16(21)13-6-4-5-7-14(13)19-15(20)11(2)12-9-17-10-12;/h3-7,11-12,17H,1,8-10H2,2H3,(H,18,21)(H,19,20);1H. The highest BCUT2D eigenvalue weighted by atomic mass is 35.5. The Balaban J connectivity index is 0.00000242. The van der Waals surface area contributed by atoms with E-state index in [1.54, 1.807) is 30.3 Å². The lowest BCUT2D eigenvalue weighted by Gasteiger charge is -2.31. The molecule has 1 unspecified atom stereocenters. The third kappa shape index (κ3) is 4.32. The zero-order valence-corrected chi connectivity index (χ0v) is 13.4. The second kappa shape index (κ2) is 8.56. The summed E-state index contributed by atoms with van der Waals surface area (Å²) in [5, 5.41) is 8.74. The van der Waals surface area contributed by atoms with Crippen molar-refractivity contribution in [3.63, 3.8) is 0 Å². The number of amides is 2.